The number of nitrogen functional groups attached to an aromatic ring is 1. The Morgan fingerprint density at radius 1 is 0.944 bits per heavy atom. The highest BCUT2D eigenvalue weighted by Crippen LogP contribution is 2.25. The van der Waals surface area contributed by atoms with E-state index in [4.69, 9.17) is 5.73 Å². The predicted molar refractivity (Wildman–Crippen MR) is 71.5 cm³/mol. The quantitative estimate of drug-likeness (QED) is 0.657. The number of halogens is 1. The predicted octanol–water partition coefficient (Wildman–Crippen LogP) is 3.62. The molecular weight excluding hydrogens is 227 g/mol. The first-order valence-electron chi connectivity index (χ1n) is 5.64. The van der Waals surface area contributed by atoms with Crippen LogP contribution in [0.3, 0.4) is 0 Å². The average Bonchev–Trinajstić information content (AvgIpc) is 2.41. The van der Waals surface area contributed by atoms with Crippen molar-refractivity contribution in [2.75, 3.05) is 5.73 Å². The molecule has 18 heavy (non-hydrogen) atoms. The molecule has 2 aromatic carbocycles. The van der Waals surface area contributed by atoms with Crippen LogP contribution in [0.2, 0.25) is 0 Å². The fourth-order valence-electron chi connectivity index (χ4n) is 1.95. The van der Waals surface area contributed by atoms with Crippen LogP contribution in [0.4, 0.5) is 10.1 Å². The number of fused-ring (bicyclic) bond motifs is 1. The van der Waals surface area contributed by atoms with Crippen molar-refractivity contribution in [2.45, 2.75) is 0 Å². The van der Waals surface area contributed by atoms with E-state index in [1.165, 1.54) is 6.07 Å². The lowest BCUT2D eigenvalue weighted by atomic mass is 10.0. The summed E-state index contributed by atoms with van der Waals surface area (Å²) < 4.78 is 13.4. The van der Waals surface area contributed by atoms with Crippen LogP contribution in [0.1, 0.15) is 0 Å². The van der Waals surface area contributed by atoms with Gasteiger partial charge in [-0.15, -0.1) is 0 Å². The highest BCUT2D eigenvalue weighted by atomic mass is 19.1. The maximum atomic E-state index is 13.4. The molecule has 0 unspecified atom stereocenters. The molecule has 2 nitrogen and oxygen atoms in total. The van der Waals surface area contributed by atoms with Gasteiger partial charge < -0.3 is 5.73 Å². The SMILES string of the molecule is Nc1ccc(-c2ccc3cccnc3c2)cc1F. The molecule has 3 aromatic rings. The molecule has 1 heterocycles. The smallest absolute Gasteiger partial charge is 0.146 e. The number of rotatable bonds is 1. The lowest BCUT2D eigenvalue weighted by Crippen LogP contribution is -1.90. The van der Waals surface area contributed by atoms with Crippen molar-refractivity contribution in [2.24, 2.45) is 0 Å². The van der Waals surface area contributed by atoms with Gasteiger partial charge in [-0.25, -0.2) is 4.39 Å². The van der Waals surface area contributed by atoms with Crippen LogP contribution < -0.4 is 5.73 Å². The Morgan fingerprint density at radius 3 is 2.56 bits per heavy atom. The van der Waals surface area contributed by atoms with E-state index in [1.807, 2.05) is 36.4 Å². The Kier molecular flexibility index (Phi) is 2.45. The summed E-state index contributed by atoms with van der Waals surface area (Å²) in [5.74, 6) is -0.395. The third-order valence-corrected chi connectivity index (χ3v) is 2.94. The normalized spacial score (nSPS) is 10.7. The minimum Gasteiger partial charge on any atom is -0.396 e. The van der Waals surface area contributed by atoms with Gasteiger partial charge in [-0.2, -0.15) is 0 Å². The van der Waals surface area contributed by atoms with Crippen molar-refractivity contribution in [3.8, 4) is 11.1 Å². The summed E-state index contributed by atoms with van der Waals surface area (Å²) in [6, 6.07) is 14.6. The summed E-state index contributed by atoms with van der Waals surface area (Å²) in [6.07, 6.45) is 1.75. The van der Waals surface area contributed by atoms with Crippen LogP contribution in [0.5, 0.6) is 0 Å². The standard InChI is InChI=1S/C15H11FN2/c16-13-8-11(5-6-14(13)17)12-4-3-10-2-1-7-18-15(10)9-12/h1-9H,17H2. The van der Waals surface area contributed by atoms with Gasteiger partial charge in [0.15, 0.2) is 0 Å². The summed E-state index contributed by atoms with van der Waals surface area (Å²) in [5, 5.41) is 1.07. The molecule has 0 fully saturated rings. The van der Waals surface area contributed by atoms with Crippen LogP contribution in [0, 0.1) is 5.82 Å². The number of nitrogens with zero attached hydrogens (tertiary/aromatic N) is 1. The third-order valence-electron chi connectivity index (χ3n) is 2.94. The van der Waals surface area contributed by atoms with E-state index < -0.39 is 5.82 Å². The molecule has 0 aliphatic heterocycles. The summed E-state index contributed by atoms with van der Waals surface area (Å²) in [5.41, 5.74) is 8.26. The number of aromatic nitrogens is 1. The van der Waals surface area contributed by atoms with Gasteiger partial charge in [0.2, 0.25) is 0 Å². The first-order valence-corrected chi connectivity index (χ1v) is 5.64. The molecule has 0 aliphatic rings. The van der Waals surface area contributed by atoms with E-state index >= 15 is 0 Å². The maximum absolute atomic E-state index is 13.4. The van der Waals surface area contributed by atoms with Crippen LogP contribution in [-0.2, 0) is 0 Å². The summed E-state index contributed by atoms with van der Waals surface area (Å²) >= 11 is 0. The number of anilines is 1. The minimum absolute atomic E-state index is 0.165. The van der Waals surface area contributed by atoms with Gasteiger partial charge in [-0.05, 0) is 35.4 Å². The molecule has 0 radical (unpaired) electrons. The van der Waals surface area contributed by atoms with E-state index in [9.17, 15) is 4.39 Å². The minimum atomic E-state index is -0.395. The van der Waals surface area contributed by atoms with E-state index in [1.54, 1.807) is 12.3 Å². The second kappa shape index (κ2) is 4.11. The van der Waals surface area contributed by atoms with E-state index in [0.29, 0.717) is 0 Å². The highest BCUT2D eigenvalue weighted by molar-refractivity contribution is 5.84. The van der Waals surface area contributed by atoms with Crippen molar-refractivity contribution in [1.29, 1.82) is 0 Å². The first kappa shape index (κ1) is 10.7. The zero-order valence-electron chi connectivity index (χ0n) is 9.60. The number of hydrogen-bond donors (Lipinski definition) is 1. The zero-order valence-corrected chi connectivity index (χ0v) is 9.60. The van der Waals surface area contributed by atoms with E-state index in [0.717, 1.165) is 22.0 Å². The van der Waals surface area contributed by atoms with Crippen molar-refractivity contribution < 1.29 is 4.39 Å². The van der Waals surface area contributed by atoms with Crippen molar-refractivity contribution in [3.63, 3.8) is 0 Å². The Balaban J connectivity index is 2.16. The van der Waals surface area contributed by atoms with E-state index in [2.05, 4.69) is 4.98 Å². The van der Waals surface area contributed by atoms with Crippen LogP contribution >= 0.6 is 0 Å². The molecule has 3 heteroatoms. The number of benzene rings is 2. The second-order valence-corrected chi connectivity index (χ2v) is 4.15. The summed E-state index contributed by atoms with van der Waals surface area (Å²) in [7, 11) is 0. The van der Waals surface area contributed by atoms with Crippen LogP contribution in [0.25, 0.3) is 22.0 Å². The summed E-state index contributed by atoms with van der Waals surface area (Å²) in [4.78, 5) is 4.29. The van der Waals surface area contributed by atoms with Crippen molar-refractivity contribution in [1.82, 2.24) is 4.98 Å². The monoisotopic (exact) mass is 238 g/mol. The number of hydrogen-bond acceptors (Lipinski definition) is 2. The molecule has 0 saturated carbocycles. The van der Waals surface area contributed by atoms with Gasteiger partial charge >= 0.3 is 0 Å². The third kappa shape index (κ3) is 1.80. The lowest BCUT2D eigenvalue weighted by Gasteiger charge is -2.05. The van der Waals surface area contributed by atoms with Gasteiger partial charge in [0.25, 0.3) is 0 Å². The Morgan fingerprint density at radius 2 is 1.72 bits per heavy atom. The van der Waals surface area contributed by atoms with Crippen LogP contribution in [-0.4, -0.2) is 4.98 Å². The Bertz CT molecular complexity index is 723. The van der Waals surface area contributed by atoms with Crippen molar-refractivity contribution >= 4 is 16.6 Å². The number of nitrogens with two attached hydrogens (primary N) is 1. The van der Waals surface area contributed by atoms with Gasteiger partial charge in [-0.3, -0.25) is 4.98 Å². The first-order chi connectivity index (χ1) is 8.74. The van der Waals surface area contributed by atoms with Gasteiger partial charge in [0, 0.05) is 11.6 Å². The van der Waals surface area contributed by atoms with E-state index in [-0.39, 0.29) is 5.69 Å². The molecule has 3 rings (SSSR count). The maximum Gasteiger partial charge on any atom is 0.146 e. The molecule has 0 atom stereocenters. The molecule has 0 bridgehead atoms. The van der Waals surface area contributed by atoms with Gasteiger partial charge in [0.05, 0.1) is 11.2 Å². The highest BCUT2D eigenvalue weighted by Gasteiger charge is 2.03. The molecule has 1 aromatic heterocycles. The molecule has 2 N–H and O–H groups in total. The fraction of sp³-hybridized carbons (Fsp3) is 0. The molecule has 0 saturated heterocycles. The molecular formula is C15H11FN2. The Hall–Kier alpha value is -2.42. The molecule has 0 amide bonds. The van der Waals surface area contributed by atoms with Gasteiger partial charge in [-0.1, -0.05) is 24.3 Å². The zero-order chi connectivity index (χ0) is 12.5. The summed E-state index contributed by atoms with van der Waals surface area (Å²) in [6.45, 7) is 0. The second-order valence-electron chi connectivity index (χ2n) is 4.15. The average molecular weight is 238 g/mol. The molecule has 0 spiro atoms. The topological polar surface area (TPSA) is 38.9 Å². The molecule has 88 valence electrons. The van der Waals surface area contributed by atoms with Gasteiger partial charge in [0.1, 0.15) is 5.82 Å². The van der Waals surface area contributed by atoms with Crippen LogP contribution in [0.15, 0.2) is 54.7 Å². The number of pyridine rings is 1. The molecule has 0 aliphatic carbocycles. The Labute approximate surface area is 104 Å². The lowest BCUT2D eigenvalue weighted by molar-refractivity contribution is 0.633. The van der Waals surface area contributed by atoms with Crippen molar-refractivity contribution in [3.05, 3.63) is 60.5 Å². The fourth-order valence-corrected chi connectivity index (χ4v) is 1.95. The largest absolute Gasteiger partial charge is 0.396 e.